The molecule has 0 bridgehead atoms. The standard InChI is InChI=1S/C17H38N2/c1-8-10-17(6,13-18-11-9-2)14-19(7)16(5)12-15(3)4/h15-16,18H,8-14H2,1-7H3. The summed E-state index contributed by atoms with van der Waals surface area (Å²) in [6.07, 6.45) is 5.10. The summed E-state index contributed by atoms with van der Waals surface area (Å²) in [7, 11) is 2.29. The summed E-state index contributed by atoms with van der Waals surface area (Å²) < 4.78 is 0. The van der Waals surface area contributed by atoms with Crippen molar-refractivity contribution < 1.29 is 0 Å². The van der Waals surface area contributed by atoms with Crippen LogP contribution in [0.2, 0.25) is 0 Å². The lowest BCUT2D eigenvalue weighted by Gasteiger charge is -2.37. The minimum atomic E-state index is 0.407. The minimum Gasteiger partial charge on any atom is -0.316 e. The Labute approximate surface area is 122 Å². The molecule has 0 fully saturated rings. The maximum Gasteiger partial charge on any atom is 0.00665 e. The van der Waals surface area contributed by atoms with Crippen LogP contribution in [-0.2, 0) is 0 Å². The Balaban J connectivity index is 4.36. The molecule has 0 saturated heterocycles. The largest absolute Gasteiger partial charge is 0.316 e. The first kappa shape index (κ1) is 18.9. The fourth-order valence-corrected chi connectivity index (χ4v) is 3.01. The molecule has 0 aromatic carbocycles. The third-order valence-electron chi connectivity index (χ3n) is 4.03. The molecule has 0 spiro atoms. The predicted molar refractivity (Wildman–Crippen MR) is 87.7 cm³/mol. The van der Waals surface area contributed by atoms with Crippen molar-refractivity contribution in [2.45, 2.75) is 73.3 Å². The lowest BCUT2D eigenvalue weighted by Crippen LogP contribution is -2.44. The quantitative estimate of drug-likeness (QED) is 0.567. The molecule has 1 N–H and O–H groups in total. The molecule has 0 aliphatic rings. The van der Waals surface area contributed by atoms with Crippen molar-refractivity contribution in [1.82, 2.24) is 10.2 Å². The third-order valence-corrected chi connectivity index (χ3v) is 4.03. The average molecular weight is 271 g/mol. The molecular formula is C17H38N2. The van der Waals surface area contributed by atoms with Gasteiger partial charge in [0.15, 0.2) is 0 Å². The highest BCUT2D eigenvalue weighted by Crippen LogP contribution is 2.25. The van der Waals surface area contributed by atoms with Gasteiger partial charge in [-0.2, -0.15) is 0 Å². The fourth-order valence-electron chi connectivity index (χ4n) is 3.01. The highest BCUT2D eigenvalue weighted by atomic mass is 15.1. The molecule has 0 heterocycles. The van der Waals surface area contributed by atoms with E-state index in [0.29, 0.717) is 11.5 Å². The van der Waals surface area contributed by atoms with Gasteiger partial charge in [0.25, 0.3) is 0 Å². The van der Waals surface area contributed by atoms with Gasteiger partial charge in [0.05, 0.1) is 0 Å². The summed E-state index contributed by atoms with van der Waals surface area (Å²) in [5.74, 6) is 0.785. The topological polar surface area (TPSA) is 15.3 Å². The summed E-state index contributed by atoms with van der Waals surface area (Å²) in [5.41, 5.74) is 0.407. The van der Waals surface area contributed by atoms with Crippen LogP contribution < -0.4 is 5.32 Å². The SMILES string of the molecule is CCCNCC(C)(CCC)CN(C)C(C)CC(C)C. The zero-order chi connectivity index (χ0) is 14.9. The Kier molecular flexibility index (Phi) is 9.72. The van der Waals surface area contributed by atoms with Gasteiger partial charge in [-0.05, 0) is 51.1 Å². The normalized spacial score (nSPS) is 16.9. The molecule has 0 radical (unpaired) electrons. The van der Waals surface area contributed by atoms with Gasteiger partial charge in [0, 0.05) is 19.1 Å². The summed E-state index contributed by atoms with van der Waals surface area (Å²) in [6, 6.07) is 0.683. The highest BCUT2D eigenvalue weighted by Gasteiger charge is 2.26. The number of nitrogens with zero attached hydrogens (tertiary/aromatic N) is 1. The molecule has 19 heavy (non-hydrogen) atoms. The number of hydrogen-bond donors (Lipinski definition) is 1. The predicted octanol–water partition coefficient (Wildman–Crippen LogP) is 4.16. The Morgan fingerprint density at radius 1 is 1.11 bits per heavy atom. The third kappa shape index (κ3) is 8.65. The van der Waals surface area contributed by atoms with Crippen LogP contribution in [0.25, 0.3) is 0 Å². The zero-order valence-electron chi connectivity index (χ0n) is 14.6. The Bertz CT molecular complexity index is 215. The molecule has 0 rings (SSSR count). The Morgan fingerprint density at radius 2 is 1.74 bits per heavy atom. The van der Waals surface area contributed by atoms with Crippen molar-refractivity contribution >= 4 is 0 Å². The molecule has 2 atom stereocenters. The molecule has 2 nitrogen and oxygen atoms in total. The van der Waals surface area contributed by atoms with Gasteiger partial charge >= 0.3 is 0 Å². The molecule has 116 valence electrons. The van der Waals surface area contributed by atoms with Gasteiger partial charge < -0.3 is 10.2 Å². The van der Waals surface area contributed by atoms with Crippen molar-refractivity contribution in [3.05, 3.63) is 0 Å². The second kappa shape index (κ2) is 9.77. The van der Waals surface area contributed by atoms with E-state index in [1.165, 1.54) is 32.2 Å². The number of nitrogens with one attached hydrogen (secondary N) is 1. The summed E-state index contributed by atoms with van der Waals surface area (Å²) >= 11 is 0. The lowest BCUT2D eigenvalue weighted by atomic mass is 9.84. The van der Waals surface area contributed by atoms with Crippen molar-refractivity contribution in [3.63, 3.8) is 0 Å². The Hall–Kier alpha value is -0.0800. The molecule has 2 heteroatoms. The van der Waals surface area contributed by atoms with E-state index in [2.05, 4.69) is 58.8 Å². The van der Waals surface area contributed by atoms with Crippen molar-refractivity contribution in [2.75, 3.05) is 26.7 Å². The van der Waals surface area contributed by atoms with Crippen LogP contribution in [0, 0.1) is 11.3 Å². The molecule has 2 unspecified atom stereocenters. The smallest absolute Gasteiger partial charge is 0.00665 e. The van der Waals surface area contributed by atoms with Crippen molar-refractivity contribution in [3.8, 4) is 0 Å². The van der Waals surface area contributed by atoms with Crippen LogP contribution in [0.3, 0.4) is 0 Å². The molecule has 0 aromatic rings. The van der Waals surface area contributed by atoms with Gasteiger partial charge in [0.1, 0.15) is 0 Å². The second-order valence-electron chi connectivity index (χ2n) is 7.13. The zero-order valence-corrected chi connectivity index (χ0v) is 14.6. The average Bonchev–Trinajstić information content (AvgIpc) is 2.28. The van der Waals surface area contributed by atoms with Crippen LogP contribution in [0.1, 0.15) is 67.2 Å². The molecule has 0 aromatic heterocycles. The van der Waals surface area contributed by atoms with Gasteiger partial charge in [-0.15, -0.1) is 0 Å². The van der Waals surface area contributed by atoms with E-state index in [-0.39, 0.29) is 0 Å². The van der Waals surface area contributed by atoms with E-state index in [4.69, 9.17) is 0 Å². The van der Waals surface area contributed by atoms with E-state index in [0.717, 1.165) is 19.0 Å². The van der Waals surface area contributed by atoms with E-state index in [1.54, 1.807) is 0 Å². The van der Waals surface area contributed by atoms with Crippen LogP contribution >= 0.6 is 0 Å². The molecule has 0 saturated carbocycles. The Morgan fingerprint density at radius 3 is 2.21 bits per heavy atom. The van der Waals surface area contributed by atoms with Crippen molar-refractivity contribution in [1.29, 1.82) is 0 Å². The molecule has 0 aliphatic heterocycles. The van der Waals surface area contributed by atoms with Gasteiger partial charge in [-0.1, -0.05) is 41.0 Å². The van der Waals surface area contributed by atoms with Crippen LogP contribution in [-0.4, -0.2) is 37.6 Å². The van der Waals surface area contributed by atoms with Crippen molar-refractivity contribution in [2.24, 2.45) is 11.3 Å². The highest BCUT2D eigenvalue weighted by molar-refractivity contribution is 4.81. The van der Waals surface area contributed by atoms with E-state index >= 15 is 0 Å². The van der Waals surface area contributed by atoms with E-state index in [1.807, 2.05) is 0 Å². The van der Waals surface area contributed by atoms with Gasteiger partial charge in [-0.25, -0.2) is 0 Å². The van der Waals surface area contributed by atoms with E-state index in [9.17, 15) is 0 Å². The molecule has 0 amide bonds. The second-order valence-corrected chi connectivity index (χ2v) is 7.13. The first-order valence-electron chi connectivity index (χ1n) is 8.25. The van der Waals surface area contributed by atoms with Gasteiger partial charge in [0.2, 0.25) is 0 Å². The first-order chi connectivity index (χ1) is 8.84. The maximum atomic E-state index is 3.62. The molecular weight excluding hydrogens is 232 g/mol. The molecule has 0 aliphatic carbocycles. The maximum absolute atomic E-state index is 3.62. The fraction of sp³-hybridized carbons (Fsp3) is 1.00. The monoisotopic (exact) mass is 270 g/mol. The van der Waals surface area contributed by atoms with E-state index < -0.39 is 0 Å². The lowest BCUT2D eigenvalue weighted by molar-refractivity contribution is 0.131. The first-order valence-corrected chi connectivity index (χ1v) is 8.25. The van der Waals surface area contributed by atoms with Crippen LogP contribution in [0.4, 0.5) is 0 Å². The number of hydrogen-bond acceptors (Lipinski definition) is 2. The van der Waals surface area contributed by atoms with Crippen LogP contribution in [0.5, 0.6) is 0 Å². The number of rotatable bonds is 11. The van der Waals surface area contributed by atoms with Crippen LogP contribution in [0.15, 0.2) is 0 Å². The summed E-state index contributed by atoms with van der Waals surface area (Å²) in [6.45, 7) is 17.5. The minimum absolute atomic E-state index is 0.407. The van der Waals surface area contributed by atoms with Gasteiger partial charge in [-0.3, -0.25) is 0 Å². The summed E-state index contributed by atoms with van der Waals surface area (Å²) in [4.78, 5) is 2.56. The summed E-state index contributed by atoms with van der Waals surface area (Å²) in [5, 5.41) is 3.62.